The second kappa shape index (κ2) is 5.82. The molecule has 4 nitrogen and oxygen atoms in total. The minimum absolute atomic E-state index is 0.416. The number of rotatable bonds is 3. The maximum absolute atomic E-state index is 12.5. The van der Waals surface area contributed by atoms with Crippen LogP contribution in [0.4, 0.5) is 13.2 Å². The van der Waals surface area contributed by atoms with E-state index >= 15 is 0 Å². The molecule has 1 aliphatic rings. The Kier molecular flexibility index (Phi) is 4.09. The van der Waals surface area contributed by atoms with Gasteiger partial charge in [-0.15, -0.1) is 0 Å². The molecule has 1 heterocycles. The summed E-state index contributed by atoms with van der Waals surface area (Å²) in [5, 5.41) is 0. The van der Waals surface area contributed by atoms with Crippen molar-refractivity contribution in [2.75, 3.05) is 7.11 Å². The molecule has 1 atom stereocenters. The number of hydrogen-bond acceptors (Lipinski definition) is 4. The Morgan fingerprint density at radius 2 is 1.71 bits per heavy atom. The summed E-state index contributed by atoms with van der Waals surface area (Å²) in [6.45, 7) is 0. The molecule has 3 rings (SSSR count). The molecule has 0 saturated carbocycles. The van der Waals surface area contributed by atoms with Crippen molar-refractivity contribution < 1.29 is 30.5 Å². The third-order valence-corrected chi connectivity index (χ3v) is 4.63. The summed E-state index contributed by atoms with van der Waals surface area (Å²) >= 11 is 0. The lowest BCUT2D eigenvalue weighted by molar-refractivity contribution is -0.0500. The van der Waals surface area contributed by atoms with Gasteiger partial charge in [-0.25, -0.2) is 0 Å². The Balaban J connectivity index is 2.01. The van der Waals surface area contributed by atoms with E-state index in [9.17, 15) is 21.6 Å². The van der Waals surface area contributed by atoms with E-state index in [2.05, 4.69) is 4.18 Å². The van der Waals surface area contributed by atoms with E-state index in [0.717, 1.165) is 16.5 Å². The topological polar surface area (TPSA) is 52.6 Å². The molecule has 0 saturated heterocycles. The first-order valence-corrected chi connectivity index (χ1v) is 8.25. The van der Waals surface area contributed by atoms with Gasteiger partial charge in [-0.05, 0) is 23.3 Å². The zero-order valence-corrected chi connectivity index (χ0v) is 13.2. The lowest BCUT2D eigenvalue weighted by Crippen LogP contribution is -2.40. The van der Waals surface area contributed by atoms with Crippen molar-refractivity contribution in [2.45, 2.75) is 11.6 Å². The van der Waals surface area contributed by atoms with Crippen LogP contribution in [0.3, 0.4) is 0 Å². The van der Waals surface area contributed by atoms with Gasteiger partial charge < -0.3 is 8.92 Å². The molecule has 1 unspecified atom stereocenters. The molecular weight excluding hydrogens is 344 g/mol. The van der Waals surface area contributed by atoms with E-state index in [4.69, 9.17) is 4.74 Å². The van der Waals surface area contributed by atoms with Gasteiger partial charge >= 0.3 is 15.6 Å². The van der Waals surface area contributed by atoms with Crippen molar-refractivity contribution in [1.82, 2.24) is 0 Å². The third kappa shape index (κ3) is 2.89. The molecule has 0 bridgehead atoms. The van der Waals surface area contributed by atoms with Crippen LogP contribution >= 0.6 is 0 Å². The molecule has 24 heavy (non-hydrogen) atoms. The highest BCUT2D eigenvalue weighted by atomic mass is 32.2. The van der Waals surface area contributed by atoms with E-state index in [1.54, 1.807) is 0 Å². The maximum Gasteiger partial charge on any atom is 0.534 e. The second-order valence-corrected chi connectivity index (χ2v) is 6.70. The number of benzene rings is 2. The highest BCUT2D eigenvalue weighted by molar-refractivity contribution is 7.88. The number of methoxy groups -OCH3 is 1. The number of hydrogen-bond donors (Lipinski definition) is 0. The van der Waals surface area contributed by atoms with Crippen molar-refractivity contribution in [3.63, 3.8) is 0 Å². The highest BCUT2D eigenvalue weighted by Gasteiger charge is 2.48. The van der Waals surface area contributed by atoms with E-state index in [1.807, 2.05) is 31.5 Å². The molecule has 2 aromatic carbocycles. The van der Waals surface area contributed by atoms with Gasteiger partial charge in [0.1, 0.15) is 11.9 Å². The third-order valence-electron chi connectivity index (χ3n) is 3.66. The molecule has 2 aromatic rings. The van der Waals surface area contributed by atoms with Gasteiger partial charge in [0.2, 0.25) is 0 Å². The van der Waals surface area contributed by atoms with Crippen molar-refractivity contribution >= 4 is 28.3 Å². The zero-order valence-electron chi connectivity index (χ0n) is 12.4. The quantitative estimate of drug-likeness (QED) is 0.477. The molecule has 0 amide bonds. The number of ether oxygens (including phenoxy) is 1. The molecule has 0 spiro atoms. The molecule has 0 aliphatic carbocycles. The van der Waals surface area contributed by atoms with Gasteiger partial charge in [0, 0.05) is 7.11 Å². The summed E-state index contributed by atoms with van der Waals surface area (Å²) in [5.41, 5.74) is -2.47. The minimum atomic E-state index is -5.71. The molecule has 0 aromatic heterocycles. The van der Waals surface area contributed by atoms with Crippen molar-refractivity contribution in [3.8, 4) is 5.75 Å². The SMILES string of the molecule is COC1c2ccccc2[B]c2ccc(OS(=O)(=O)C(F)(F)F)cc21. The fraction of sp³-hybridized carbons (Fsp3) is 0.200. The fourth-order valence-corrected chi connectivity index (χ4v) is 3.06. The average molecular weight is 355 g/mol. The normalized spacial score (nSPS) is 16.8. The van der Waals surface area contributed by atoms with E-state index in [0.29, 0.717) is 5.56 Å². The first-order chi connectivity index (χ1) is 11.2. The first-order valence-electron chi connectivity index (χ1n) is 6.84. The van der Waals surface area contributed by atoms with Crippen LogP contribution in [-0.2, 0) is 14.9 Å². The number of fused-ring (bicyclic) bond motifs is 2. The molecule has 0 N–H and O–H groups in total. The maximum atomic E-state index is 12.5. The van der Waals surface area contributed by atoms with Crippen LogP contribution in [0.2, 0.25) is 0 Å². The molecule has 0 fully saturated rings. The van der Waals surface area contributed by atoms with E-state index in [-0.39, 0.29) is 0 Å². The van der Waals surface area contributed by atoms with Crippen molar-refractivity contribution in [2.24, 2.45) is 0 Å². The van der Waals surface area contributed by atoms with Crippen LogP contribution in [-0.4, -0.2) is 28.3 Å². The van der Waals surface area contributed by atoms with Gasteiger partial charge in [-0.3, -0.25) is 0 Å². The molecular formula is C15H11BF3O4S. The molecule has 9 heteroatoms. The van der Waals surface area contributed by atoms with Crippen molar-refractivity contribution in [1.29, 1.82) is 0 Å². The highest BCUT2D eigenvalue weighted by Crippen LogP contribution is 2.31. The summed E-state index contributed by atoms with van der Waals surface area (Å²) in [4.78, 5) is 0. The van der Waals surface area contributed by atoms with Crippen LogP contribution in [0, 0.1) is 0 Å². The van der Waals surface area contributed by atoms with Crippen LogP contribution in [0.25, 0.3) is 0 Å². The minimum Gasteiger partial charge on any atom is -0.376 e. The zero-order chi connectivity index (χ0) is 17.5. The van der Waals surface area contributed by atoms with Crippen LogP contribution in [0.15, 0.2) is 42.5 Å². The Hall–Kier alpha value is -2.00. The monoisotopic (exact) mass is 355 g/mol. The van der Waals surface area contributed by atoms with Gasteiger partial charge in [0.25, 0.3) is 0 Å². The summed E-state index contributed by atoms with van der Waals surface area (Å²) in [6, 6.07) is 11.3. The van der Waals surface area contributed by atoms with Gasteiger partial charge in [0.05, 0.1) is 0 Å². The van der Waals surface area contributed by atoms with Crippen LogP contribution in [0.5, 0.6) is 5.75 Å². The smallest absolute Gasteiger partial charge is 0.376 e. The van der Waals surface area contributed by atoms with Gasteiger partial charge in [-0.1, -0.05) is 41.3 Å². The van der Waals surface area contributed by atoms with Crippen molar-refractivity contribution in [3.05, 3.63) is 53.6 Å². The summed E-state index contributed by atoms with van der Waals surface area (Å²) in [5.74, 6) is -0.416. The Morgan fingerprint density at radius 3 is 2.38 bits per heavy atom. The first kappa shape index (κ1) is 16.8. The number of halogens is 3. The standard InChI is InChI=1S/C15H11BF3O4S/c1-22-14-10-4-2-3-5-12(10)16-13-7-6-9(8-11(13)14)23-24(20,21)15(17,18)19/h2-8,14H,1H3. The second-order valence-electron chi connectivity index (χ2n) is 5.16. The Morgan fingerprint density at radius 1 is 1.04 bits per heavy atom. The largest absolute Gasteiger partial charge is 0.534 e. The van der Waals surface area contributed by atoms with Crippen LogP contribution in [0.1, 0.15) is 17.2 Å². The molecule has 1 radical (unpaired) electrons. The average Bonchev–Trinajstić information content (AvgIpc) is 2.51. The lowest BCUT2D eigenvalue weighted by atomic mass is 9.56. The van der Waals surface area contributed by atoms with Gasteiger partial charge in [-0.2, -0.15) is 21.6 Å². The molecule has 125 valence electrons. The molecule has 1 aliphatic heterocycles. The Labute approximate surface area is 137 Å². The summed E-state index contributed by atoms with van der Waals surface area (Å²) < 4.78 is 69.3. The van der Waals surface area contributed by atoms with E-state index in [1.165, 1.54) is 25.3 Å². The summed E-state index contributed by atoms with van der Waals surface area (Å²) in [7, 11) is -2.39. The lowest BCUT2D eigenvalue weighted by Gasteiger charge is -2.27. The predicted octanol–water partition coefficient (Wildman–Crippen LogP) is 1.62. The Bertz CT molecular complexity index is 881. The van der Waals surface area contributed by atoms with Crippen LogP contribution < -0.4 is 15.1 Å². The summed E-state index contributed by atoms with van der Waals surface area (Å²) in [6.07, 6.45) is -0.529. The van der Waals surface area contributed by atoms with E-state index < -0.39 is 27.5 Å². The van der Waals surface area contributed by atoms with Gasteiger partial charge in [0.15, 0.2) is 7.28 Å². The predicted molar refractivity (Wildman–Crippen MR) is 82.4 cm³/mol. The fourth-order valence-electron chi connectivity index (χ4n) is 2.61. The number of alkyl halides is 3.